The van der Waals surface area contributed by atoms with Crippen LogP contribution in [0.3, 0.4) is 0 Å². The number of carbonyl (C=O) groups excluding carboxylic acids is 2. The van der Waals surface area contributed by atoms with Crippen LogP contribution in [0.2, 0.25) is 0 Å². The van der Waals surface area contributed by atoms with Gasteiger partial charge in [0.2, 0.25) is 21.8 Å². The molecule has 1 heterocycles. The molecule has 0 radical (unpaired) electrons. The Bertz CT molecular complexity index is 833. The SMILES string of the molecule is CCNC(=O)CN(CC)CC(=O)N1CCN(S(=O)(=O)c2ccc(C)cc2C)CC1. The summed E-state index contributed by atoms with van der Waals surface area (Å²) in [5.41, 5.74) is 1.75. The second kappa shape index (κ2) is 10.2. The van der Waals surface area contributed by atoms with Crippen molar-refractivity contribution < 1.29 is 18.0 Å². The zero-order valence-corrected chi connectivity index (χ0v) is 18.6. The molecule has 0 atom stereocenters. The van der Waals surface area contributed by atoms with Crippen molar-refractivity contribution in [3.63, 3.8) is 0 Å². The summed E-state index contributed by atoms with van der Waals surface area (Å²) in [6.07, 6.45) is 0. The van der Waals surface area contributed by atoms with Crippen LogP contribution in [-0.4, -0.2) is 86.7 Å². The maximum atomic E-state index is 13.0. The Balaban J connectivity index is 1.95. The van der Waals surface area contributed by atoms with Gasteiger partial charge in [0.05, 0.1) is 18.0 Å². The zero-order valence-electron chi connectivity index (χ0n) is 17.8. The van der Waals surface area contributed by atoms with Crippen LogP contribution in [0.4, 0.5) is 0 Å². The Hall–Kier alpha value is -1.97. The third kappa shape index (κ3) is 6.01. The second-order valence-electron chi connectivity index (χ2n) is 7.31. The van der Waals surface area contributed by atoms with Crippen molar-refractivity contribution in [1.82, 2.24) is 19.4 Å². The first-order valence-corrected chi connectivity index (χ1v) is 11.5. The first kappa shape index (κ1) is 23.3. The van der Waals surface area contributed by atoms with Gasteiger partial charge in [0.1, 0.15) is 0 Å². The normalized spacial score (nSPS) is 15.6. The smallest absolute Gasteiger partial charge is 0.243 e. The van der Waals surface area contributed by atoms with E-state index in [4.69, 9.17) is 0 Å². The van der Waals surface area contributed by atoms with Crippen LogP contribution in [0, 0.1) is 13.8 Å². The van der Waals surface area contributed by atoms with Gasteiger partial charge in [-0.1, -0.05) is 24.6 Å². The lowest BCUT2D eigenvalue weighted by molar-refractivity contribution is -0.134. The number of amides is 2. The molecular weight excluding hydrogens is 392 g/mol. The molecule has 1 fully saturated rings. The summed E-state index contributed by atoms with van der Waals surface area (Å²) in [6, 6.07) is 5.31. The van der Waals surface area contributed by atoms with Gasteiger partial charge in [0.15, 0.2) is 0 Å². The molecule has 29 heavy (non-hydrogen) atoms. The van der Waals surface area contributed by atoms with E-state index < -0.39 is 10.0 Å². The molecule has 2 rings (SSSR count). The van der Waals surface area contributed by atoms with E-state index in [-0.39, 0.29) is 38.0 Å². The average molecular weight is 425 g/mol. The van der Waals surface area contributed by atoms with Crippen molar-refractivity contribution in [2.45, 2.75) is 32.6 Å². The van der Waals surface area contributed by atoms with Crippen LogP contribution in [0.15, 0.2) is 23.1 Å². The Morgan fingerprint density at radius 3 is 2.28 bits per heavy atom. The summed E-state index contributed by atoms with van der Waals surface area (Å²) in [5.74, 6) is -0.189. The highest BCUT2D eigenvalue weighted by atomic mass is 32.2. The van der Waals surface area contributed by atoms with Crippen LogP contribution in [0.1, 0.15) is 25.0 Å². The van der Waals surface area contributed by atoms with E-state index in [1.165, 1.54) is 4.31 Å². The predicted octanol–water partition coefficient (Wildman–Crippen LogP) is 0.594. The van der Waals surface area contributed by atoms with E-state index in [0.717, 1.165) is 11.1 Å². The highest BCUT2D eigenvalue weighted by Crippen LogP contribution is 2.22. The largest absolute Gasteiger partial charge is 0.355 e. The quantitative estimate of drug-likeness (QED) is 0.660. The highest BCUT2D eigenvalue weighted by molar-refractivity contribution is 7.89. The van der Waals surface area contributed by atoms with Gasteiger partial charge in [-0.15, -0.1) is 0 Å². The molecule has 0 aromatic heterocycles. The number of hydrogen-bond donors (Lipinski definition) is 1. The van der Waals surface area contributed by atoms with Gasteiger partial charge in [-0.05, 0) is 38.9 Å². The summed E-state index contributed by atoms with van der Waals surface area (Å²) in [6.45, 7) is 10.2. The molecule has 1 saturated heterocycles. The minimum Gasteiger partial charge on any atom is -0.355 e. The average Bonchev–Trinajstić information content (AvgIpc) is 2.67. The van der Waals surface area contributed by atoms with Crippen molar-refractivity contribution in [1.29, 1.82) is 0 Å². The van der Waals surface area contributed by atoms with E-state index in [9.17, 15) is 18.0 Å². The molecule has 2 amide bonds. The number of carbonyl (C=O) groups is 2. The molecule has 9 heteroatoms. The van der Waals surface area contributed by atoms with Crippen molar-refractivity contribution in [3.05, 3.63) is 29.3 Å². The molecule has 0 bridgehead atoms. The maximum absolute atomic E-state index is 13.0. The predicted molar refractivity (Wildman–Crippen MR) is 112 cm³/mol. The van der Waals surface area contributed by atoms with Crippen molar-refractivity contribution >= 4 is 21.8 Å². The number of likely N-dealkylation sites (N-methyl/N-ethyl adjacent to an activating group) is 2. The number of benzene rings is 1. The Kier molecular flexibility index (Phi) is 8.18. The summed E-state index contributed by atoms with van der Waals surface area (Å²) < 4.78 is 27.4. The number of hydrogen-bond acceptors (Lipinski definition) is 5. The van der Waals surface area contributed by atoms with E-state index >= 15 is 0 Å². The van der Waals surface area contributed by atoms with Crippen LogP contribution < -0.4 is 5.32 Å². The topological polar surface area (TPSA) is 90.0 Å². The second-order valence-corrected chi connectivity index (χ2v) is 9.22. The van der Waals surface area contributed by atoms with Crippen LogP contribution in [0.25, 0.3) is 0 Å². The van der Waals surface area contributed by atoms with E-state index in [1.54, 1.807) is 28.9 Å². The molecule has 162 valence electrons. The first-order valence-electron chi connectivity index (χ1n) is 10.0. The number of aryl methyl sites for hydroxylation is 2. The minimum absolute atomic E-state index is 0.0836. The van der Waals surface area contributed by atoms with Gasteiger partial charge in [0, 0.05) is 32.7 Å². The highest BCUT2D eigenvalue weighted by Gasteiger charge is 2.31. The lowest BCUT2D eigenvalue weighted by atomic mass is 10.2. The van der Waals surface area contributed by atoms with Gasteiger partial charge < -0.3 is 10.2 Å². The number of sulfonamides is 1. The minimum atomic E-state index is -3.58. The lowest BCUT2D eigenvalue weighted by Crippen LogP contribution is -2.53. The number of piperazine rings is 1. The van der Waals surface area contributed by atoms with E-state index in [0.29, 0.717) is 31.1 Å². The number of rotatable bonds is 8. The Morgan fingerprint density at radius 2 is 1.72 bits per heavy atom. The lowest BCUT2D eigenvalue weighted by Gasteiger charge is -2.35. The standard InChI is InChI=1S/C20H32N4O4S/c1-5-21-19(25)14-22(6-2)15-20(26)23-9-11-24(12-10-23)29(27,28)18-8-7-16(3)13-17(18)4/h7-8,13H,5-6,9-12,14-15H2,1-4H3,(H,21,25). The fourth-order valence-electron chi connectivity index (χ4n) is 3.43. The number of nitrogens with zero attached hydrogens (tertiary/aromatic N) is 3. The maximum Gasteiger partial charge on any atom is 0.243 e. The van der Waals surface area contributed by atoms with Crippen molar-refractivity contribution in [2.24, 2.45) is 0 Å². The molecule has 0 aliphatic carbocycles. The van der Waals surface area contributed by atoms with Gasteiger partial charge >= 0.3 is 0 Å². The molecule has 1 aromatic carbocycles. The molecule has 1 aliphatic rings. The van der Waals surface area contributed by atoms with Crippen LogP contribution >= 0.6 is 0 Å². The Labute approximate surface area is 173 Å². The monoisotopic (exact) mass is 424 g/mol. The molecule has 0 spiro atoms. The fourth-order valence-corrected chi connectivity index (χ4v) is 5.06. The van der Waals surface area contributed by atoms with Crippen LogP contribution in [0.5, 0.6) is 0 Å². The molecule has 8 nitrogen and oxygen atoms in total. The van der Waals surface area contributed by atoms with Gasteiger partial charge in [-0.2, -0.15) is 4.31 Å². The molecule has 1 N–H and O–H groups in total. The van der Waals surface area contributed by atoms with Crippen LogP contribution in [-0.2, 0) is 19.6 Å². The molecule has 1 aromatic rings. The first-order chi connectivity index (χ1) is 13.7. The molecule has 1 aliphatic heterocycles. The van der Waals surface area contributed by atoms with Crippen molar-refractivity contribution in [3.8, 4) is 0 Å². The van der Waals surface area contributed by atoms with Gasteiger partial charge in [-0.3, -0.25) is 14.5 Å². The van der Waals surface area contributed by atoms with E-state index in [2.05, 4.69) is 5.32 Å². The molecule has 0 unspecified atom stereocenters. The van der Waals surface area contributed by atoms with Crippen molar-refractivity contribution in [2.75, 3.05) is 52.4 Å². The summed E-state index contributed by atoms with van der Waals surface area (Å²) in [7, 11) is -3.58. The van der Waals surface area contributed by atoms with Gasteiger partial charge in [0.25, 0.3) is 0 Å². The zero-order chi connectivity index (χ0) is 21.6. The molecular formula is C20H32N4O4S. The van der Waals surface area contributed by atoms with Gasteiger partial charge in [-0.25, -0.2) is 8.42 Å². The third-order valence-electron chi connectivity index (χ3n) is 5.09. The number of nitrogens with one attached hydrogen (secondary N) is 1. The summed E-state index contributed by atoms with van der Waals surface area (Å²) in [5, 5.41) is 2.73. The summed E-state index contributed by atoms with van der Waals surface area (Å²) >= 11 is 0. The summed E-state index contributed by atoms with van der Waals surface area (Å²) in [4.78, 5) is 28.1. The van der Waals surface area contributed by atoms with E-state index in [1.807, 2.05) is 26.8 Å². The fraction of sp³-hybridized carbons (Fsp3) is 0.600. The molecule has 0 saturated carbocycles. The Morgan fingerprint density at radius 1 is 1.07 bits per heavy atom. The third-order valence-corrected chi connectivity index (χ3v) is 7.15.